The number of hydrogen-bond acceptors (Lipinski definition) is 9. The summed E-state index contributed by atoms with van der Waals surface area (Å²) in [4.78, 5) is 50.6. The third-order valence-corrected chi connectivity index (χ3v) is 7.59. The molecule has 4 heterocycles. The Morgan fingerprint density at radius 3 is 1.45 bits per heavy atom. The van der Waals surface area contributed by atoms with E-state index in [0.29, 0.717) is 39.1 Å². The maximum atomic E-state index is 12.1. The minimum Gasteiger partial charge on any atom is -0.444 e. The molecule has 0 N–H and O–H groups in total. The first-order valence-corrected chi connectivity index (χ1v) is 16.3. The van der Waals surface area contributed by atoms with Crippen LogP contribution in [0.3, 0.4) is 0 Å². The quantitative estimate of drug-likeness (QED) is 0.184. The van der Waals surface area contributed by atoms with Crippen LogP contribution in [0.1, 0.15) is 103 Å². The summed E-state index contributed by atoms with van der Waals surface area (Å²) >= 11 is 0. The lowest BCUT2D eigenvalue weighted by Crippen LogP contribution is -2.41. The third kappa shape index (κ3) is 13.2. The smallest absolute Gasteiger partial charge is 0.444 e. The number of hydrogen-bond donors (Lipinski definition) is 0. The van der Waals surface area contributed by atoms with E-state index in [9.17, 15) is 19.2 Å². The van der Waals surface area contributed by atoms with Crippen LogP contribution in [0.2, 0.25) is 0 Å². The van der Waals surface area contributed by atoms with E-state index < -0.39 is 22.9 Å². The van der Waals surface area contributed by atoms with Gasteiger partial charge in [0, 0.05) is 39.1 Å². The molecule has 0 bridgehead atoms. The molecule has 3 amide bonds. The molecule has 47 heavy (non-hydrogen) atoms. The fraction of sp³-hybridized carbons (Fsp3) is 0.765. The molecule has 13 heteroatoms. The Morgan fingerprint density at radius 2 is 1.09 bits per heavy atom. The first-order chi connectivity index (χ1) is 21.2. The minimum atomic E-state index is -0.483. The highest BCUT2D eigenvalue weighted by Crippen LogP contribution is 2.39. The molecule has 0 aliphatic carbocycles. The van der Waals surface area contributed by atoms with Gasteiger partial charge in [-0.1, -0.05) is 17.7 Å². The molecule has 4 rings (SSSR count). The van der Waals surface area contributed by atoms with Crippen LogP contribution in [-0.4, -0.2) is 113 Å². The molecule has 0 aromatic carbocycles. The van der Waals surface area contributed by atoms with Crippen molar-refractivity contribution < 1.29 is 42.7 Å². The lowest BCUT2D eigenvalue weighted by Gasteiger charge is -2.32. The number of nitrogens with zero attached hydrogens (tertiary/aromatic N) is 3. The van der Waals surface area contributed by atoms with Crippen molar-refractivity contribution in [2.24, 2.45) is 0 Å². The van der Waals surface area contributed by atoms with Crippen LogP contribution >= 0.6 is 0 Å². The molecule has 0 radical (unpaired) electrons. The zero-order valence-electron chi connectivity index (χ0n) is 31.2. The molecule has 0 spiro atoms. The highest BCUT2D eigenvalue weighted by molar-refractivity contribution is 6.55. The molecular formula is C34H58BN3O9. The third-order valence-electron chi connectivity index (χ3n) is 7.59. The summed E-state index contributed by atoms with van der Waals surface area (Å²) in [7, 11) is -0.387. The predicted octanol–water partition coefficient (Wildman–Crippen LogP) is 6.17. The maximum absolute atomic E-state index is 12.1. The van der Waals surface area contributed by atoms with Crippen LogP contribution in [0.15, 0.2) is 23.2 Å². The molecule has 0 unspecified atom stereocenters. The predicted molar refractivity (Wildman–Crippen MR) is 181 cm³/mol. The largest absolute Gasteiger partial charge is 0.492 e. The monoisotopic (exact) mass is 663 g/mol. The average molecular weight is 664 g/mol. The van der Waals surface area contributed by atoms with Crippen molar-refractivity contribution in [2.75, 3.05) is 39.3 Å². The fourth-order valence-electron chi connectivity index (χ4n) is 4.48. The fourth-order valence-corrected chi connectivity index (χ4v) is 4.48. The maximum Gasteiger partial charge on any atom is 0.492 e. The summed E-state index contributed by atoms with van der Waals surface area (Å²) < 4.78 is 27.7. The Hall–Kier alpha value is -3.06. The van der Waals surface area contributed by atoms with Crippen molar-refractivity contribution in [3.05, 3.63) is 23.2 Å². The van der Waals surface area contributed by atoms with Crippen LogP contribution in [0, 0.1) is 0 Å². The second-order valence-electron chi connectivity index (χ2n) is 16.3. The number of carbonyl (C=O) groups excluding carboxylic acids is 4. The van der Waals surface area contributed by atoms with E-state index in [0.717, 1.165) is 5.47 Å². The van der Waals surface area contributed by atoms with Gasteiger partial charge in [-0.3, -0.25) is 4.79 Å². The van der Waals surface area contributed by atoms with E-state index in [1.165, 1.54) is 10.5 Å². The summed E-state index contributed by atoms with van der Waals surface area (Å²) in [6, 6.07) is 0. The van der Waals surface area contributed by atoms with Gasteiger partial charge in [-0.15, -0.1) is 0 Å². The number of Topliss-reactive ketones (excluding diaryl/α,β-unsaturated/α-hetero) is 1. The van der Waals surface area contributed by atoms with Gasteiger partial charge in [0.15, 0.2) is 5.78 Å². The van der Waals surface area contributed by atoms with Gasteiger partial charge in [0.05, 0.1) is 17.7 Å². The summed E-state index contributed by atoms with van der Waals surface area (Å²) in [5.41, 5.74) is 0.126. The van der Waals surface area contributed by atoms with Gasteiger partial charge in [-0.2, -0.15) is 0 Å². The molecule has 2 fully saturated rings. The van der Waals surface area contributed by atoms with Crippen molar-refractivity contribution in [1.29, 1.82) is 0 Å². The number of rotatable bonds is 1. The van der Waals surface area contributed by atoms with Gasteiger partial charge < -0.3 is 38.2 Å². The Bertz CT molecular complexity index is 1210. The number of ketones is 1. The molecule has 0 aromatic heterocycles. The van der Waals surface area contributed by atoms with Gasteiger partial charge in [0.25, 0.3) is 0 Å². The van der Waals surface area contributed by atoms with E-state index in [1.54, 1.807) is 9.80 Å². The average Bonchev–Trinajstić information content (AvgIpc) is 3.64. The second-order valence-corrected chi connectivity index (χ2v) is 16.3. The zero-order valence-corrected chi connectivity index (χ0v) is 31.2. The number of amides is 3. The van der Waals surface area contributed by atoms with E-state index in [-0.39, 0.29) is 42.8 Å². The molecule has 4 aliphatic heterocycles. The molecule has 0 aromatic rings. The van der Waals surface area contributed by atoms with Gasteiger partial charge in [-0.05, 0) is 102 Å². The number of likely N-dealkylation sites (tertiary alicyclic amines) is 1. The zero-order chi connectivity index (χ0) is 36.2. The standard InChI is InChI=1S/C15H26BNO4.C10H17NO2.C9H15NO3/c1-13(2,3)19-12(18)17-9-8-11(10-17)16-20-14(4,5)15(6,7)21-16;1-8-5-6-11(7-8)9(12)13-10(2,3)4;1-9(2,3)13-8(12)10-5-4-7(11)6-10/h8H,9-10H2,1-7H3;5H,6-7H2,1-4H3;4-6H2,1-3H3. The van der Waals surface area contributed by atoms with Crippen molar-refractivity contribution in [3.63, 3.8) is 0 Å². The van der Waals surface area contributed by atoms with E-state index in [4.69, 9.17) is 23.5 Å². The van der Waals surface area contributed by atoms with Crippen LogP contribution in [0.25, 0.3) is 0 Å². The lowest BCUT2D eigenvalue weighted by molar-refractivity contribution is -0.117. The van der Waals surface area contributed by atoms with Crippen LogP contribution in [-0.2, 0) is 28.3 Å². The molecule has 4 aliphatic rings. The highest BCUT2D eigenvalue weighted by atomic mass is 16.7. The molecular weight excluding hydrogens is 605 g/mol. The van der Waals surface area contributed by atoms with Crippen molar-refractivity contribution in [1.82, 2.24) is 14.7 Å². The molecule has 2 saturated heterocycles. The molecule has 0 saturated carbocycles. The van der Waals surface area contributed by atoms with Crippen molar-refractivity contribution in [2.45, 2.75) is 131 Å². The van der Waals surface area contributed by atoms with E-state index >= 15 is 0 Å². The normalized spacial score (nSPS) is 20.5. The Morgan fingerprint density at radius 1 is 0.681 bits per heavy atom. The number of ether oxygens (including phenoxy) is 3. The number of carbonyl (C=O) groups is 4. The molecule has 0 atom stereocenters. The summed E-state index contributed by atoms with van der Waals surface area (Å²) in [6.45, 7) is 29.9. The van der Waals surface area contributed by atoms with Crippen molar-refractivity contribution >= 4 is 31.2 Å². The molecule has 266 valence electrons. The first-order valence-electron chi connectivity index (χ1n) is 16.3. The van der Waals surface area contributed by atoms with E-state index in [2.05, 4.69) is 0 Å². The topological polar surface area (TPSA) is 124 Å². The van der Waals surface area contributed by atoms with Gasteiger partial charge >= 0.3 is 25.4 Å². The SMILES string of the molecule is CC(C)(C)OC(=O)N1CC=C(B2OC(C)(C)C(C)(C)O2)C1.CC(C)(C)OC(=O)N1CCC(=O)C1.CC1=CCN(C(=O)OC(C)(C)C)C1. The highest BCUT2D eigenvalue weighted by Gasteiger charge is 2.53. The van der Waals surface area contributed by atoms with Crippen LogP contribution in [0.4, 0.5) is 14.4 Å². The Balaban J connectivity index is 0.000000258. The Labute approximate surface area is 282 Å². The summed E-state index contributed by atoms with van der Waals surface area (Å²) in [5.74, 6) is 0.103. The second kappa shape index (κ2) is 15.0. The van der Waals surface area contributed by atoms with Gasteiger partial charge in [0.1, 0.15) is 16.8 Å². The summed E-state index contributed by atoms with van der Waals surface area (Å²) in [6.07, 6.45) is 3.58. The van der Waals surface area contributed by atoms with Crippen LogP contribution in [0.5, 0.6) is 0 Å². The Kier molecular flexibility index (Phi) is 12.8. The van der Waals surface area contributed by atoms with Crippen LogP contribution < -0.4 is 0 Å². The van der Waals surface area contributed by atoms with Gasteiger partial charge in [-0.25, -0.2) is 14.4 Å². The van der Waals surface area contributed by atoms with Crippen molar-refractivity contribution in [3.8, 4) is 0 Å². The van der Waals surface area contributed by atoms with Gasteiger partial charge in [0.2, 0.25) is 0 Å². The lowest BCUT2D eigenvalue weighted by atomic mass is 9.79. The van der Waals surface area contributed by atoms with E-state index in [1.807, 2.05) is 109 Å². The summed E-state index contributed by atoms with van der Waals surface area (Å²) in [5, 5.41) is 0. The minimum absolute atomic E-state index is 0.103. The molecule has 12 nitrogen and oxygen atoms in total. The first kappa shape index (κ1) is 40.1.